The Kier molecular flexibility index (Phi) is 4.17. The van der Waals surface area contributed by atoms with E-state index in [1.165, 1.54) is 5.56 Å². The van der Waals surface area contributed by atoms with Gasteiger partial charge in [0.25, 0.3) is 0 Å². The van der Waals surface area contributed by atoms with Gasteiger partial charge in [-0.05, 0) is 36.1 Å². The van der Waals surface area contributed by atoms with Gasteiger partial charge in [0.2, 0.25) is 10.0 Å². The molecular weight excluding hydrogens is 348 g/mol. The topological polar surface area (TPSA) is 63.4 Å². The van der Waals surface area contributed by atoms with Crippen molar-refractivity contribution in [3.8, 4) is 11.3 Å². The molecular formula is C20H20N2O3S. The van der Waals surface area contributed by atoms with Crippen molar-refractivity contribution in [1.29, 1.82) is 0 Å². The van der Waals surface area contributed by atoms with Crippen LogP contribution < -0.4 is 0 Å². The van der Waals surface area contributed by atoms with Crippen molar-refractivity contribution in [3.05, 3.63) is 71.2 Å². The van der Waals surface area contributed by atoms with Crippen LogP contribution in [0.25, 0.3) is 11.3 Å². The van der Waals surface area contributed by atoms with E-state index in [2.05, 4.69) is 11.1 Å². The number of hydrogen-bond donors (Lipinski definition) is 0. The first-order valence-electron chi connectivity index (χ1n) is 8.55. The first-order chi connectivity index (χ1) is 12.4. The molecule has 134 valence electrons. The summed E-state index contributed by atoms with van der Waals surface area (Å²) in [6, 6.07) is 13.4. The molecule has 4 rings (SSSR count). The van der Waals surface area contributed by atoms with Crippen molar-refractivity contribution in [2.75, 3.05) is 6.54 Å². The van der Waals surface area contributed by atoms with E-state index in [4.69, 9.17) is 4.42 Å². The summed E-state index contributed by atoms with van der Waals surface area (Å²) in [7, 11) is -3.59. The first-order valence-corrected chi connectivity index (χ1v) is 9.99. The van der Waals surface area contributed by atoms with E-state index in [-0.39, 0.29) is 0 Å². The minimum absolute atomic E-state index is 0.323. The molecule has 1 aliphatic heterocycles. The Bertz CT molecular complexity index is 1070. The Balaban J connectivity index is 1.72. The van der Waals surface area contributed by atoms with E-state index >= 15 is 0 Å². The largest absolute Gasteiger partial charge is 0.441 e. The van der Waals surface area contributed by atoms with E-state index in [0.29, 0.717) is 35.2 Å². The van der Waals surface area contributed by atoms with Crippen molar-refractivity contribution in [2.24, 2.45) is 0 Å². The summed E-state index contributed by atoms with van der Waals surface area (Å²) in [6.45, 7) is 4.48. The maximum atomic E-state index is 13.3. The third kappa shape index (κ3) is 2.95. The van der Waals surface area contributed by atoms with E-state index in [1.54, 1.807) is 23.5 Å². The van der Waals surface area contributed by atoms with Gasteiger partial charge in [-0.15, -0.1) is 0 Å². The summed E-state index contributed by atoms with van der Waals surface area (Å²) >= 11 is 0. The Morgan fingerprint density at radius 2 is 1.85 bits per heavy atom. The van der Waals surface area contributed by atoms with Crippen LogP contribution >= 0.6 is 0 Å². The third-order valence-corrected chi connectivity index (χ3v) is 6.79. The smallest absolute Gasteiger partial charge is 0.243 e. The highest BCUT2D eigenvalue weighted by atomic mass is 32.2. The maximum absolute atomic E-state index is 13.3. The second-order valence-corrected chi connectivity index (χ2v) is 8.49. The first kappa shape index (κ1) is 17.0. The second-order valence-electron chi connectivity index (χ2n) is 6.58. The number of hydrogen-bond acceptors (Lipinski definition) is 4. The molecule has 0 saturated carbocycles. The number of oxazole rings is 1. The molecule has 0 spiro atoms. The predicted octanol–water partition coefficient (Wildman–Crippen LogP) is 3.71. The number of aromatic nitrogens is 1. The van der Waals surface area contributed by atoms with E-state index in [1.807, 2.05) is 37.3 Å². The molecule has 0 bridgehead atoms. The SMILES string of the molecule is Cc1ncc(-c2ccc(C)c(S(=O)(=O)N3CCc4ccccc4C3)c2)o1. The van der Waals surface area contributed by atoms with Crippen molar-refractivity contribution >= 4 is 10.0 Å². The van der Waals surface area contributed by atoms with Gasteiger partial charge in [0.05, 0.1) is 11.1 Å². The minimum atomic E-state index is -3.59. The number of aryl methyl sites for hydroxylation is 2. The van der Waals surface area contributed by atoms with Gasteiger partial charge in [-0.3, -0.25) is 0 Å². The van der Waals surface area contributed by atoms with Crippen LogP contribution in [-0.4, -0.2) is 24.3 Å². The molecule has 3 aromatic rings. The van der Waals surface area contributed by atoms with Crippen molar-refractivity contribution in [3.63, 3.8) is 0 Å². The molecule has 0 atom stereocenters. The maximum Gasteiger partial charge on any atom is 0.243 e. The Hall–Kier alpha value is -2.44. The number of rotatable bonds is 3. The van der Waals surface area contributed by atoms with Crippen LogP contribution in [0, 0.1) is 13.8 Å². The molecule has 5 nitrogen and oxygen atoms in total. The summed E-state index contributed by atoms with van der Waals surface area (Å²) in [5.74, 6) is 1.13. The minimum Gasteiger partial charge on any atom is -0.441 e. The van der Waals surface area contributed by atoms with E-state index < -0.39 is 10.0 Å². The summed E-state index contributed by atoms with van der Waals surface area (Å²) in [6.07, 6.45) is 2.35. The molecule has 0 radical (unpaired) electrons. The summed E-state index contributed by atoms with van der Waals surface area (Å²) in [5, 5.41) is 0. The number of benzene rings is 2. The molecule has 0 unspecified atom stereocenters. The van der Waals surface area contributed by atoms with Crippen molar-refractivity contribution in [2.45, 2.75) is 31.7 Å². The van der Waals surface area contributed by atoms with Crippen molar-refractivity contribution < 1.29 is 12.8 Å². The van der Waals surface area contributed by atoms with Gasteiger partial charge in [-0.25, -0.2) is 13.4 Å². The molecule has 0 fully saturated rings. The highest BCUT2D eigenvalue weighted by molar-refractivity contribution is 7.89. The lowest BCUT2D eigenvalue weighted by molar-refractivity contribution is 0.391. The zero-order valence-electron chi connectivity index (χ0n) is 14.8. The van der Waals surface area contributed by atoms with Gasteiger partial charge in [0, 0.05) is 25.6 Å². The van der Waals surface area contributed by atoms with Crippen LogP contribution in [0.4, 0.5) is 0 Å². The van der Waals surface area contributed by atoms with Gasteiger partial charge in [0.15, 0.2) is 11.7 Å². The fraction of sp³-hybridized carbons (Fsp3) is 0.250. The third-order valence-electron chi connectivity index (χ3n) is 4.81. The average molecular weight is 368 g/mol. The molecule has 1 aliphatic rings. The number of sulfonamides is 1. The summed E-state index contributed by atoms with van der Waals surface area (Å²) in [5.41, 5.74) is 3.74. The van der Waals surface area contributed by atoms with Crippen LogP contribution in [-0.2, 0) is 23.0 Å². The lowest BCUT2D eigenvalue weighted by atomic mass is 10.0. The molecule has 0 saturated heterocycles. The van der Waals surface area contributed by atoms with Gasteiger partial charge in [-0.1, -0.05) is 36.4 Å². The fourth-order valence-electron chi connectivity index (χ4n) is 3.34. The molecule has 2 heterocycles. The Morgan fingerprint density at radius 1 is 1.08 bits per heavy atom. The summed E-state index contributed by atoms with van der Waals surface area (Å²) in [4.78, 5) is 4.42. The van der Waals surface area contributed by atoms with Crippen LogP contribution in [0.1, 0.15) is 22.6 Å². The van der Waals surface area contributed by atoms with Crippen LogP contribution in [0.3, 0.4) is 0 Å². The van der Waals surface area contributed by atoms with Crippen LogP contribution in [0.15, 0.2) is 58.0 Å². The monoisotopic (exact) mass is 368 g/mol. The average Bonchev–Trinajstić information content (AvgIpc) is 3.08. The van der Waals surface area contributed by atoms with Crippen molar-refractivity contribution in [1.82, 2.24) is 9.29 Å². The Morgan fingerprint density at radius 3 is 2.58 bits per heavy atom. The molecule has 0 N–H and O–H groups in total. The van der Waals surface area contributed by atoms with E-state index in [0.717, 1.165) is 17.5 Å². The molecule has 6 heteroatoms. The quantitative estimate of drug-likeness (QED) is 0.707. The number of fused-ring (bicyclic) bond motifs is 1. The highest BCUT2D eigenvalue weighted by Gasteiger charge is 2.29. The predicted molar refractivity (Wildman–Crippen MR) is 99.2 cm³/mol. The normalized spacial score (nSPS) is 15.0. The lowest BCUT2D eigenvalue weighted by Gasteiger charge is -2.28. The zero-order valence-corrected chi connectivity index (χ0v) is 15.6. The molecule has 0 aliphatic carbocycles. The van der Waals surface area contributed by atoms with Crippen LogP contribution in [0.2, 0.25) is 0 Å². The molecule has 0 amide bonds. The standard InChI is InChI=1S/C20H20N2O3S/c1-14-7-8-17(19-12-21-15(2)25-19)11-20(14)26(23,24)22-10-9-16-5-3-4-6-18(16)13-22/h3-8,11-12H,9-10,13H2,1-2H3. The second kappa shape index (κ2) is 6.37. The van der Waals surface area contributed by atoms with Gasteiger partial charge < -0.3 is 4.42 Å². The lowest BCUT2D eigenvalue weighted by Crippen LogP contribution is -2.36. The Labute approximate surface area is 153 Å². The van der Waals surface area contributed by atoms with Crippen LogP contribution in [0.5, 0.6) is 0 Å². The molecule has 1 aromatic heterocycles. The fourth-order valence-corrected chi connectivity index (χ4v) is 5.01. The zero-order chi connectivity index (χ0) is 18.3. The van der Waals surface area contributed by atoms with Gasteiger partial charge in [0.1, 0.15) is 0 Å². The van der Waals surface area contributed by atoms with Gasteiger partial charge >= 0.3 is 0 Å². The van der Waals surface area contributed by atoms with Gasteiger partial charge in [-0.2, -0.15) is 4.31 Å². The molecule has 2 aromatic carbocycles. The molecule has 26 heavy (non-hydrogen) atoms. The number of nitrogens with zero attached hydrogens (tertiary/aromatic N) is 2. The van der Waals surface area contributed by atoms with E-state index in [9.17, 15) is 8.42 Å². The summed E-state index contributed by atoms with van der Waals surface area (Å²) < 4.78 is 33.7. The highest BCUT2D eigenvalue weighted by Crippen LogP contribution is 2.30.